The number of carbonyl (C=O) groups excluding carboxylic acids is 1. The van der Waals surface area contributed by atoms with Crippen molar-refractivity contribution in [3.05, 3.63) is 135 Å². The number of hydrogen-bond acceptors (Lipinski definition) is 3. The first-order valence-electron chi connectivity index (χ1n) is 14.9. The minimum Gasteiger partial charge on any atom is -0.494 e. The van der Waals surface area contributed by atoms with Gasteiger partial charge >= 0.3 is 0 Å². The van der Waals surface area contributed by atoms with Crippen molar-refractivity contribution in [2.45, 2.75) is 51.7 Å². The minimum atomic E-state index is -1.57. The van der Waals surface area contributed by atoms with Crippen LogP contribution in [0, 0.1) is 30.3 Å². The maximum atomic E-state index is 14.8. The quantitative estimate of drug-likeness (QED) is 0.0928. The third kappa shape index (κ3) is 6.95. The maximum absolute atomic E-state index is 14.8. The molecule has 0 unspecified atom stereocenters. The molecule has 0 heterocycles. The van der Waals surface area contributed by atoms with E-state index in [-0.39, 0.29) is 29.5 Å². The molecular formula is C36H36ClF3N2O2. The first-order valence-corrected chi connectivity index (χ1v) is 15.2. The molecule has 1 saturated carbocycles. The lowest BCUT2D eigenvalue weighted by Gasteiger charge is -2.43. The second-order valence-electron chi connectivity index (χ2n) is 11.4. The normalized spacial score (nSPS) is 13.2. The minimum absolute atomic E-state index is 0.0239. The Morgan fingerprint density at radius 1 is 0.932 bits per heavy atom. The summed E-state index contributed by atoms with van der Waals surface area (Å²) in [7, 11) is 0. The Balaban J connectivity index is 1.39. The Morgan fingerprint density at radius 3 is 2.18 bits per heavy atom. The van der Waals surface area contributed by atoms with Crippen LogP contribution in [0.5, 0.6) is 5.75 Å². The van der Waals surface area contributed by atoms with Crippen LogP contribution >= 0.6 is 11.6 Å². The Kier molecular flexibility index (Phi) is 9.97. The number of carbonyl (C=O) groups is 1. The zero-order valence-corrected chi connectivity index (χ0v) is 25.6. The molecule has 0 spiro atoms. The molecule has 1 fully saturated rings. The van der Waals surface area contributed by atoms with E-state index in [4.69, 9.17) is 16.3 Å². The molecule has 0 bridgehead atoms. The van der Waals surface area contributed by atoms with Gasteiger partial charge in [-0.15, -0.1) is 0 Å². The van der Waals surface area contributed by atoms with Crippen molar-refractivity contribution < 1.29 is 22.7 Å². The fourth-order valence-electron chi connectivity index (χ4n) is 5.55. The Labute approximate surface area is 261 Å². The molecule has 44 heavy (non-hydrogen) atoms. The van der Waals surface area contributed by atoms with E-state index in [9.17, 15) is 18.0 Å². The lowest BCUT2D eigenvalue weighted by Crippen LogP contribution is -2.45. The number of halogens is 4. The van der Waals surface area contributed by atoms with Gasteiger partial charge in [-0.2, -0.15) is 0 Å². The highest BCUT2D eigenvalue weighted by atomic mass is 35.5. The van der Waals surface area contributed by atoms with Crippen molar-refractivity contribution in [3.63, 3.8) is 0 Å². The Morgan fingerprint density at radius 2 is 1.57 bits per heavy atom. The molecule has 1 aliphatic carbocycles. The summed E-state index contributed by atoms with van der Waals surface area (Å²) in [6.45, 7) is 4.83. The van der Waals surface area contributed by atoms with E-state index in [1.54, 1.807) is 0 Å². The summed E-state index contributed by atoms with van der Waals surface area (Å²) in [5.41, 5.74) is 2.34. The van der Waals surface area contributed by atoms with Crippen LogP contribution in [0.1, 0.15) is 54.0 Å². The molecule has 0 saturated heterocycles. The first-order chi connectivity index (χ1) is 21.2. The molecule has 4 aromatic rings. The fourth-order valence-corrected chi connectivity index (χ4v) is 5.84. The van der Waals surface area contributed by atoms with E-state index < -0.39 is 28.0 Å². The molecule has 1 aliphatic rings. The number of benzene rings is 4. The van der Waals surface area contributed by atoms with E-state index in [2.05, 4.69) is 17.1 Å². The topological polar surface area (TPSA) is 41.6 Å². The summed E-state index contributed by atoms with van der Waals surface area (Å²) in [6, 6.07) is 27.4. The van der Waals surface area contributed by atoms with Crippen LogP contribution in [-0.2, 0) is 23.4 Å². The highest BCUT2D eigenvalue weighted by molar-refractivity contribution is 6.31. The Hall–Kier alpha value is -3.81. The van der Waals surface area contributed by atoms with E-state index in [1.807, 2.05) is 84.9 Å². The monoisotopic (exact) mass is 620 g/mol. The number of ether oxygens (including phenoxy) is 1. The average molecular weight is 621 g/mol. The number of nitrogens with zero attached hydrogens (tertiary/aromatic N) is 1. The van der Waals surface area contributed by atoms with Gasteiger partial charge in [0.1, 0.15) is 5.75 Å². The lowest BCUT2D eigenvalue weighted by atomic mass is 9.82. The summed E-state index contributed by atoms with van der Waals surface area (Å²) < 4.78 is 49.8. The van der Waals surface area contributed by atoms with Crippen LogP contribution in [0.2, 0.25) is 5.02 Å². The summed E-state index contributed by atoms with van der Waals surface area (Å²) in [4.78, 5) is 14.1. The van der Waals surface area contributed by atoms with Gasteiger partial charge in [-0.3, -0.25) is 9.69 Å². The van der Waals surface area contributed by atoms with E-state index in [0.717, 1.165) is 29.5 Å². The number of hydrogen-bond donors (Lipinski definition) is 1. The smallest absolute Gasteiger partial charge is 0.223 e. The van der Waals surface area contributed by atoms with Gasteiger partial charge in [0.2, 0.25) is 5.91 Å². The predicted octanol–water partition coefficient (Wildman–Crippen LogP) is 8.33. The Bertz CT molecular complexity index is 1530. The van der Waals surface area contributed by atoms with E-state index in [0.29, 0.717) is 31.9 Å². The third-order valence-corrected chi connectivity index (χ3v) is 8.83. The van der Waals surface area contributed by atoms with Gasteiger partial charge in [-0.25, -0.2) is 13.2 Å². The average Bonchev–Trinajstić information content (AvgIpc) is 3.91. The largest absolute Gasteiger partial charge is 0.494 e. The van der Waals surface area contributed by atoms with Gasteiger partial charge in [-0.05, 0) is 73.1 Å². The van der Waals surface area contributed by atoms with Gasteiger partial charge < -0.3 is 10.1 Å². The molecule has 0 aromatic heterocycles. The molecule has 5 rings (SSSR count). The van der Waals surface area contributed by atoms with Crippen LogP contribution in [-0.4, -0.2) is 24.0 Å². The number of rotatable bonds is 13. The zero-order chi connectivity index (χ0) is 31.3. The van der Waals surface area contributed by atoms with E-state index >= 15 is 0 Å². The van der Waals surface area contributed by atoms with Gasteiger partial charge in [0.15, 0.2) is 17.5 Å². The fraction of sp³-hybridized carbons (Fsp3) is 0.306. The molecule has 0 aliphatic heterocycles. The van der Waals surface area contributed by atoms with Crippen molar-refractivity contribution in [1.29, 1.82) is 0 Å². The van der Waals surface area contributed by atoms with Crippen molar-refractivity contribution in [3.8, 4) is 5.75 Å². The second-order valence-corrected chi connectivity index (χ2v) is 11.8. The second kappa shape index (κ2) is 13.9. The van der Waals surface area contributed by atoms with Crippen LogP contribution < -0.4 is 10.1 Å². The van der Waals surface area contributed by atoms with Crippen molar-refractivity contribution in [1.82, 2.24) is 10.2 Å². The first kappa shape index (κ1) is 31.6. The number of amides is 1. The van der Waals surface area contributed by atoms with Crippen LogP contribution in [0.25, 0.3) is 0 Å². The number of nitrogens with one attached hydrogen (secondary N) is 1. The lowest BCUT2D eigenvalue weighted by molar-refractivity contribution is -0.122. The summed E-state index contributed by atoms with van der Waals surface area (Å²) in [5.74, 6) is -3.27. The molecule has 0 atom stereocenters. The molecule has 4 aromatic carbocycles. The summed E-state index contributed by atoms with van der Waals surface area (Å²) >= 11 is 6.32. The maximum Gasteiger partial charge on any atom is 0.223 e. The summed E-state index contributed by atoms with van der Waals surface area (Å²) in [5, 5.41) is 2.55. The molecular weight excluding hydrogens is 585 g/mol. The third-order valence-electron chi connectivity index (χ3n) is 8.43. The highest BCUT2D eigenvalue weighted by Gasteiger charge is 2.37. The van der Waals surface area contributed by atoms with Crippen molar-refractivity contribution in [2.75, 3.05) is 13.2 Å². The van der Waals surface area contributed by atoms with Gasteiger partial charge in [0, 0.05) is 25.6 Å². The van der Waals surface area contributed by atoms with Gasteiger partial charge in [0.05, 0.1) is 17.2 Å². The zero-order valence-electron chi connectivity index (χ0n) is 24.9. The SMILES string of the molecule is Cc1c(F)c(F)c(F)c(Cl)c1CN(CCCOc1cccc(CNC(=O)C2CC2)c1)C(C)(c1ccccc1)c1ccccc1. The van der Waals surface area contributed by atoms with Gasteiger partial charge in [-0.1, -0.05) is 84.4 Å². The predicted molar refractivity (Wildman–Crippen MR) is 167 cm³/mol. The molecule has 230 valence electrons. The highest BCUT2D eigenvalue weighted by Crippen LogP contribution is 2.39. The summed E-state index contributed by atoms with van der Waals surface area (Å²) in [6.07, 6.45) is 2.48. The van der Waals surface area contributed by atoms with Crippen LogP contribution in [0.3, 0.4) is 0 Å². The van der Waals surface area contributed by atoms with Crippen molar-refractivity contribution >= 4 is 17.5 Å². The molecule has 1 amide bonds. The molecule has 0 radical (unpaired) electrons. The van der Waals surface area contributed by atoms with Crippen LogP contribution in [0.15, 0.2) is 84.9 Å². The standard InChI is InChI=1S/C36H36ClF3N2O2/c1-24-30(31(37)33(39)34(40)32(24)38)23-42(36(2,27-12-5-3-6-13-27)28-14-7-4-8-15-28)19-10-20-44-29-16-9-11-25(21-29)22-41-35(43)26-17-18-26/h3-9,11-16,21,26H,10,17-20,22-23H2,1-2H3,(H,41,43). The van der Waals surface area contributed by atoms with Crippen molar-refractivity contribution in [2.24, 2.45) is 5.92 Å². The van der Waals surface area contributed by atoms with E-state index in [1.165, 1.54) is 6.92 Å². The molecule has 8 heteroatoms. The van der Waals surface area contributed by atoms with Crippen LogP contribution in [0.4, 0.5) is 13.2 Å². The molecule has 4 nitrogen and oxygen atoms in total. The molecule has 1 N–H and O–H groups in total. The van der Waals surface area contributed by atoms with Gasteiger partial charge in [0.25, 0.3) is 0 Å².